The van der Waals surface area contributed by atoms with Crippen LogP contribution in [0, 0.1) is 5.92 Å². The van der Waals surface area contributed by atoms with Gasteiger partial charge in [0.05, 0.1) is 24.8 Å². The van der Waals surface area contributed by atoms with Gasteiger partial charge in [-0.3, -0.25) is 9.59 Å². The van der Waals surface area contributed by atoms with Gasteiger partial charge in [-0.2, -0.15) is 5.10 Å². The number of hydrogen-bond acceptors (Lipinski definition) is 4. The number of imidazole rings is 2. The van der Waals surface area contributed by atoms with Gasteiger partial charge in [0.2, 0.25) is 0 Å². The molecule has 0 radical (unpaired) electrons. The van der Waals surface area contributed by atoms with Crippen molar-refractivity contribution in [2.75, 3.05) is 13.1 Å². The molecule has 9 heteroatoms. The van der Waals surface area contributed by atoms with Crippen molar-refractivity contribution in [3.8, 4) is 0 Å². The summed E-state index contributed by atoms with van der Waals surface area (Å²) in [5, 5.41) is 7.15. The number of H-pyrrole nitrogens is 1. The minimum atomic E-state index is -0.218. The third-order valence-corrected chi connectivity index (χ3v) is 5.12. The Kier molecular flexibility index (Phi) is 3.98. The fourth-order valence-electron chi connectivity index (χ4n) is 3.60. The minimum Gasteiger partial charge on any atom is -0.349 e. The van der Waals surface area contributed by atoms with E-state index in [1.165, 1.54) is 12.5 Å². The van der Waals surface area contributed by atoms with Crippen molar-refractivity contribution in [2.45, 2.75) is 19.4 Å². The monoisotopic (exact) mass is 355 g/mol. The van der Waals surface area contributed by atoms with E-state index in [1.54, 1.807) is 10.7 Å². The number of rotatable bonds is 4. The van der Waals surface area contributed by atoms with E-state index in [9.17, 15) is 9.59 Å². The first-order valence-corrected chi connectivity index (χ1v) is 8.62. The summed E-state index contributed by atoms with van der Waals surface area (Å²) in [4.78, 5) is 33.8. The number of aryl methyl sites for hydroxylation is 1. The van der Waals surface area contributed by atoms with E-state index in [1.807, 2.05) is 28.9 Å². The molecule has 0 bridgehead atoms. The van der Waals surface area contributed by atoms with Crippen molar-refractivity contribution in [2.24, 2.45) is 13.0 Å². The summed E-state index contributed by atoms with van der Waals surface area (Å²) in [5.41, 5.74) is 1.77. The second kappa shape index (κ2) is 6.32. The van der Waals surface area contributed by atoms with Gasteiger partial charge >= 0.3 is 0 Å². The molecular formula is C17H21N7O2. The standard InChI is InChI=1S/C17H21N7O2/c1-11-3-4-23(14(11)9-19-15(25)13-8-18-10-20-13)17(26)12-7-21-24-6-5-22(2)16(12)24/h5-8,10-11,14H,3-4,9H2,1-2H3,(H,18,20)(H,19,25). The summed E-state index contributed by atoms with van der Waals surface area (Å²) in [5.74, 6) is 0.0387. The Morgan fingerprint density at radius 1 is 1.35 bits per heavy atom. The van der Waals surface area contributed by atoms with Crippen LogP contribution in [0.1, 0.15) is 34.2 Å². The Bertz CT molecular complexity index is 940. The van der Waals surface area contributed by atoms with Crippen molar-refractivity contribution in [3.63, 3.8) is 0 Å². The van der Waals surface area contributed by atoms with E-state index in [2.05, 4.69) is 27.3 Å². The lowest BCUT2D eigenvalue weighted by atomic mass is 10.0. The maximum absolute atomic E-state index is 13.1. The summed E-state index contributed by atoms with van der Waals surface area (Å²) in [6, 6.07) is -0.0513. The van der Waals surface area contributed by atoms with E-state index in [0.717, 1.165) is 12.1 Å². The Balaban J connectivity index is 1.52. The van der Waals surface area contributed by atoms with Crippen LogP contribution in [0.4, 0.5) is 0 Å². The number of carbonyl (C=O) groups is 2. The number of fused-ring (bicyclic) bond motifs is 1. The van der Waals surface area contributed by atoms with Crippen LogP contribution >= 0.6 is 0 Å². The lowest BCUT2D eigenvalue weighted by molar-refractivity contribution is 0.0710. The van der Waals surface area contributed by atoms with Gasteiger partial charge in [-0.15, -0.1) is 0 Å². The molecular weight excluding hydrogens is 334 g/mol. The van der Waals surface area contributed by atoms with Gasteiger partial charge in [0.25, 0.3) is 11.8 Å². The normalized spacial score (nSPS) is 20.0. The van der Waals surface area contributed by atoms with Gasteiger partial charge in [0.1, 0.15) is 16.9 Å². The Hall–Kier alpha value is -3.10. The molecule has 2 unspecified atom stereocenters. The molecule has 0 spiro atoms. The summed E-state index contributed by atoms with van der Waals surface area (Å²) >= 11 is 0. The molecule has 3 aromatic heterocycles. The van der Waals surface area contributed by atoms with Crippen LogP contribution in [0.25, 0.3) is 5.65 Å². The van der Waals surface area contributed by atoms with Gasteiger partial charge in [-0.25, -0.2) is 9.50 Å². The number of nitrogens with one attached hydrogen (secondary N) is 2. The number of aromatic amines is 1. The van der Waals surface area contributed by atoms with E-state index in [4.69, 9.17) is 0 Å². The van der Waals surface area contributed by atoms with Crippen molar-refractivity contribution in [3.05, 3.63) is 42.4 Å². The third-order valence-electron chi connectivity index (χ3n) is 5.12. The predicted octanol–water partition coefficient (Wildman–Crippen LogP) is 0.676. The highest BCUT2D eigenvalue weighted by Gasteiger charge is 2.36. The molecule has 9 nitrogen and oxygen atoms in total. The van der Waals surface area contributed by atoms with Crippen LogP contribution < -0.4 is 5.32 Å². The third kappa shape index (κ3) is 2.65. The predicted molar refractivity (Wildman–Crippen MR) is 93.7 cm³/mol. The van der Waals surface area contributed by atoms with Gasteiger partial charge in [-0.05, 0) is 12.3 Å². The van der Waals surface area contributed by atoms with Crippen LogP contribution in [0.15, 0.2) is 31.1 Å². The van der Waals surface area contributed by atoms with Crippen molar-refractivity contribution >= 4 is 17.5 Å². The molecule has 1 fully saturated rings. The zero-order valence-electron chi connectivity index (χ0n) is 14.7. The lowest BCUT2D eigenvalue weighted by Gasteiger charge is -2.27. The average Bonchev–Trinajstić information content (AvgIpc) is 3.39. The summed E-state index contributed by atoms with van der Waals surface area (Å²) in [6.07, 6.45) is 9.16. The second-order valence-corrected chi connectivity index (χ2v) is 6.74. The molecule has 0 aliphatic carbocycles. The first kappa shape index (κ1) is 16.4. The molecule has 2 atom stereocenters. The van der Waals surface area contributed by atoms with Gasteiger partial charge in [0, 0.05) is 32.5 Å². The number of carbonyl (C=O) groups excluding carboxylic acids is 2. The Labute approximate surface area is 150 Å². The highest BCUT2D eigenvalue weighted by atomic mass is 16.2. The van der Waals surface area contributed by atoms with Crippen molar-refractivity contribution in [1.82, 2.24) is 34.4 Å². The van der Waals surface area contributed by atoms with E-state index in [0.29, 0.717) is 30.3 Å². The molecule has 4 heterocycles. The molecule has 4 rings (SSSR count). The lowest BCUT2D eigenvalue weighted by Crippen LogP contribution is -2.45. The first-order valence-electron chi connectivity index (χ1n) is 8.62. The van der Waals surface area contributed by atoms with Crippen LogP contribution in [0.2, 0.25) is 0 Å². The zero-order valence-corrected chi connectivity index (χ0v) is 14.7. The van der Waals surface area contributed by atoms with Crippen LogP contribution in [0.5, 0.6) is 0 Å². The average molecular weight is 355 g/mol. The molecule has 1 aliphatic heterocycles. The number of hydrogen-bond donors (Lipinski definition) is 2. The maximum atomic E-state index is 13.1. The SMILES string of the molecule is CC1CCN(C(=O)c2cnn3ccn(C)c23)C1CNC(=O)c1cnc[nH]1. The first-order chi connectivity index (χ1) is 12.6. The number of nitrogens with zero attached hydrogens (tertiary/aromatic N) is 5. The van der Waals surface area contributed by atoms with E-state index < -0.39 is 0 Å². The largest absolute Gasteiger partial charge is 0.349 e. The molecule has 2 N–H and O–H groups in total. The smallest absolute Gasteiger partial charge is 0.269 e. The van der Waals surface area contributed by atoms with Gasteiger partial charge in [0.15, 0.2) is 0 Å². The molecule has 0 aromatic carbocycles. The fraction of sp³-hybridized carbons (Fsp3) is 0.412. The van der Waals surface area contributed by atoms with Crippen molar-refractivity contribution in [1.29, 1.82) is 0 Å². The quantitative estimate of drug-likeness (QED) is 0.718. The number of likely N-dealkylation sites (tertiary alicyclic amines) is 1. The van der Waals surface area contributed by atoms with E-state index >= 15 is 0 Å². The maximum Gasteiger partial charge on any atom is 0.269 e. The Morgan fingerprint density at radius 3 is 2.96 bits per heavy atom. The molecule has 136 valence electrons. The zero-order chi connectivity index (χ0) is 18.3. The molecule has 26 heavy (non-hydrogen) atoms. The number of amides is 2. The summed E-state index contributed by atoms with van der Waals surface area (Å²) < 4.78 is 3.58. The highest BCUT2D eigenvalue weighted by Crippen LogP contribution is 2.26. The van der Waals surface area contributed by atoms with Crippen LogP contribution in [-0.4, -0.2) is 60.0 Å². The number of aromatic nitrogens is 5. The second-order valence-electron chi connectivity index (χ2n) is 6.74. The molecule has 2 amide bonds. The van der Waals surface area contributed by atoms with Crippen LogP contribution in [0.3, 0.4) is 0 Å². The van der Waals surface area contributed by atoms with Gasteiger partial charge < -0.3 is 19.8 Å². The fourth-order valence-corrected chi connectivity index (χ4v) is 3.60. The van der Waals surface area contributed by atoms with Gasteiger partial charge in [-0.1, -0.05) is 6.92 Å². The van der Waals surface area contributed by atoms with Crippen molar-refractivity contribution < 1.29 is 9.59 Å². The topological polar surface area (TPSA) is 100 Å². The highest BCUT2D eigenvalue weighted by molar-refractivity contribution is 6.00. The summed E-state index contributed by atoms with van der Waals surface area (Å²) in [6.45, 7) is 3.19. The molecule has 3 aromatic rings. The molecule has 1 aliphatic rings. The summed E-state index contributed by atoms with van der Waals surface area (Å²) in [7, 11) is 1.89. The van der Waals surface area contributed by atoms with Crippen LogP contribution in [-0.2, 0) is 7.05 Å². The Morgan fingerprint density at radius 2 is 2.19 bits per heavy atom. The minimum absolute atomic E-state index is 0.0491. The van der Waals surface area contributed by atoms with E-state index in [-0.39, 0.29) is 17.9 Å². The molecule has 0 saturated carbocycles. The molecule has 1 saturated heterocycles.